The SMILES string of the molecule is O=C(Cl)CCSCC(C(=O)Cl)(C(F)(F)C(F)(F)C(F)(F)F)C(F)(F)C(F)(F)C(F)(F)F. The van der Waals surface area contributed by atoms with Gasteiger partial charge in [-0.05, 0) is 23.2 Å². The third-order valence-corrected chi connectivity index (χ3v) is 5.31. The Morgan fingerprint density at radius 1 is 0.613 bits per heavy atom. The van der Waals surface area contributed by atoms with E-state index in [0.29, 0.717) is 0 Å². The fourth-order valence-corrected chi connectivity index (χ4v) is 3.82. The van der Waals surface area contributed by atoms with Crippen molar-refractivity contribution in [1.82, 2.24) is 0 Å². The van der Waals surface area contributed by atoms with E-state index in [1.807, 2.05) is 0 Å². The van der Waals surface area contributed by atoms with E-state index in [4.69, 9.17) is 11.6 Å². The standard InChI is InChI=1S/C12H6Cl2F14O2S/c13-4(29)1-2-31-3-6(5(14)30,7(15,16)9(19,20)11(23,24)25)8(17,18)10(21,22)12(26,27)28/h1-3H2. The van der Waals surface area contributed by atoms with Crippen molar-refractivity contribution in [2.75, 3.05) is 11.5 Å². The van der Waals surface area contributed by atoms with Gasteiger partial charge in [0.1, 0.15) is 0 Å². The van der Waals surface area contributed by atoms with Gasteiger partial charge in [0.2, 0.25) is 10.5 Å². The second kappa shape index (κ2) is 8.91. The average Bonchev–Trinajstić information content (AvgIpc) is 2.51. The number of carbonyl (C=O) groups is 2. The Morgan fingerprint density at radius 3 is 1.16 bits per heavy atom. The molecule has 0 atom stereocenters. The molecular formula is C12H6Cl2F14O2S. The number of halogens is 16. The van der Waals surface area contributed by atoms with Gasteiger partial charge in [-0.3, -0.25) is 9.59 Å². The summed E-state index contributed by atoms with van der Waals surface area (Å²) in [7, 11) is 0. The van der Waals surface area contributed by atoms with Crippen LogP contribution in [0.15, 0.2) is 0 Å². The van der Waals surface area contributed by atoms with E-state index in [1.54, 1.807) is 0 Å². The van der Waals surface area contributed by atoms with Crippen molar-refractivity contribution in [2.24, 2.45) is 5.41 Å². The lowest BCUT2D eigenvalue weighted by Gasteiger charge is -2.47. The predicted octanol–water partition coefficient (Wildman–Crippen LogP) is 6.29. The van der Waals surface area contributed by atoms with E-state index in [2.05, 4.69) is 11.6 Å². The Bertz CT molecular complexity index is 650. The third-order valence-electron chi connectivity index (χ3n) is 3.67. The lowest BCUT2D eigenvalue weighted by molar-refractivity contribution is -0.424. The second-order valence-electron chi connectivity index (χ2n) is 5.63. The maximum Gasteiger partial charge on any atom is 0.459 e. The van der Waals surface area contributed by atoms with E-state index in [0.717, 1.165) is 0 Å². The molecule has 31 heavy (non-hydrogen) atoms. The molecule has 0 bridgehead atoms. The quantitative estimate of drug-likeness (QED) is 0.182. The molecule has 0 N–H and O–H groups in total. The van der Waals surface area contributed by atoms with E-state index in [-0.39, 0.29) is 0 Å². The van der Waals surface area contributed by atoms with Gasteiger partial charge in [0.05, 0.1) is 0 Å². The van der Waals surface area contributed by atoms with Crippen LogP contribution < -0.4 is 0 Å². The lowest BCUT2D eigenvalue weighted by atomic mass is 9.72. The molecule has 0 aliphatic carbocycles. The Morgan fingerprint density at radius 2 is 0.935 bits per heavy atom. The number of hydrogen-bond acceptors (Lipinski definition) is 3. The van der Waals surface area contributed by atoms with Crippen LogP contribution in [0, 0.1) is 5.41 Å². The Kier molecular flexibility index (Phi) is 8.71. The zero-order valence-electron chi connectivity index (χ0n) is 13.9. The molecule has 0 aliphatic heterocycles. The highest BCUT2D eigenvalue weighted by Crippen LogP contribution is 2.65. The van der Waals surface area contributed by atoms with Gasteiger partial charge >= 0.3 is 36.0 Å². The van der Waals surface area contributed by atoms with E-state index >= 15 is 0 Å². The molecule has 0 rings (SSSR count). The molecule has 0 unspecified atom stereocenters. The van der Waals surface area contributed by atoms with Gasteiger partial charge in [-0.25, -0.2) is 0 Å². The van der Waals surface area contributed by atoms with Gasteiger partial charge in [0.15, 0.2) is 5.41 Å². The highest BCUT2D eigenvalue weighted by molar-refractivity contribution is 7.99. The van der Waals surface area contributed by atoms with Crippen LogP contribution in [0.1, 0.15) is 6.42 Å². The molecule has 184 valence electrons. The molecule has 0 aromatic carbocycles. The van der Waals surface area contributed by atoms with Gasteiger partial charge in [-0.2, -0.15) is 73.2 Å². The maximum atomic E-state index is 14.2. The first kappa shape index (κ1) is 30.3. The summed E-state index contributed by atoms with van der Waals surface area (Å²) in [5.41, 5.74) is -6.46. The van der Waals surface area contributed by atoms with Gasteiger partial charge in [0.25, 0.3) is 0 Å². The third kappa shape index (κ3) is 4.82. The summed E-state index contributed by atoms with van der Waals surface area (Å²) >= 11 is 8.32. The molecule has 0 aromatic rings. The van der Waals surface area contributed by atoms with Gasteiger partial charge < -0.3 is 0 Å². The molecule has 0 aliphatic rings. The van der Waals surface area contributed by atoms with Crippen molar-refractivity contribution in [3.05, 3.63) is 0 Å². The van der Waals surface area contributed by atoms with Crippen LogP contribution >= 0.6 is 35.0 Å². The monoisotopic (exact) mass is 550 g/mol. The van der Waals surface area contributed by atoms with E-state index < -0.39 is 81.6 Å². The number of hydrogen-bond donors (Lipinski definition) is 0. The van der Waals surface area contributed by atoms with E-state index in [1.165, 1.54) is 0 Å². The minimum absolute atomic E-state index is 0.748. The van der Waals surface area contributed by atoms with Gasteiger partial charge in [-0.15, -0.1) is 0 Å². The summed E-state index contributed by atoms with van der Waals surface area (Å²) in [5.74, 6) is -34.8. The summed E-state index contributed by atoms with van der Waals surface area (Å²) in [4.78, 5) is 21.8. The van der Waals surface area contributed by atoms with Crippen molar-refractivity contribution >= 4 is 45.4 Å². The molecule has 2 nitrogen and oxygen atoms in total. The molecule has 0 fully saturated rings. The fourth-order valence-electron chi connectivity index (χ4n) is 1.95. The zero-order chi connectivity index (χ0) is 25.5. The molecular weight excluding hydrogens is 545 g/mol. The molecule has 19 heteroatoms. The molecule has 0 radical (unpaired) electrons. The van der Waals surface area contributed by atoms with Crippen molar-refractivity contribution in [2.45, 2.75) is 42.5 Å². The average molecular weight is 551 g/mol. The van der Waals surface area contributed by atoms with Crippen molar-refractivity contribution in [3.63, 3.8) is 0 Å². The maximum absolute atomic E-state index is 14.2. The van der Waals surface area contributed by atoms with Crippen molar-refractivity contribution in [3.8, 4) is 0 Å². The molecule has 0 amide bonds. The predicted molar refractivity (Wildman–Crippen MR) is 78.0 cm³/mol. The first-order valence-electron chi connectivity index (χ1n) is 6.97. The minimum Gasteiger partial charge on any atom is -0.281 e. The fraction of sp³-hybridized carbons (Fsp3) is 0.833. The molecule has 0 saturated heterocycles. The summed E-state index contributed by atoms with van der Waals surface area (Å²) in [6.45, 7) is 0. The van der Waals surface area contributed by atoms with Crippen LogP contribution in [0.4, 0.5) is 61.5 Å². The Balaban J connectivity index is 7.14. The Labute approximate surface area is 176 Å². The van der Waals surface area contributed by atoms with Crippen LogP contribution in [0.5, 0.6) is 0 Å². The van der Waals surface area contributed by atoms with Crippen LogP contribution in [0.2, 0.25) is 0 Å². The molecule has 0 spiro atoms. The first-order chi connectivity index (χ1) is 13.4. The summed E-state index contributed by atoms with van der Waals surface area (Å²) < 4.78 is 185. The zero-order valence-corrected chi connectivity index (χ0v) is 16.2. The largest absolute Gasteiger partial charge is 0.459 e. The van der Waals surface area contributed by atoms with E-state index in [9.17, 15) is 71.1 Å². The number of alkyl halides is 14. The minimum atomic E-state index is -7.74. The summed E-state index contributed by atoms with van der Waals surface area (Å²) in [6, 6.07) is 0. The van der Waals surface area contributed by atoms with Crippen molar-refractivity contribution < 1.29 is 71.1 Å². The number of carbonyl (C=O) groups excluding carboxylic acids is 2. The summed E-state index contributed by atoms with van der Waals surface area (Å²) in [5, 5.41) is -5.13. The normalized spacial score (nSPS) is 15.2. The Hall–Kier alpha value is -0.710. The summed E-state index contributed by atoms with van der Waals surface area (Å²) in [6.07, 6.45) is -16.0. The number of rotatable bonds is 10. The molecule has 0 aromatic heterocycles. The highest BCUT2D eigenvalue weighted by atomic mass is 35.5. The van der Waals surface area contributed by atoms with Gasteiger partial charge in [0, 0.05) is 17.9 Å². The number of thioether (sulfide) groups is 1. The van der Waals surface area contributed by atoms with Gasteiger partial charge in [-0.1, -0.05) is 0 Å². The second-order valence-corrected chi connectivity index (χ2v) is 7.50. The highest BCUT2D eigenvalue weighted by Gasteiger charge is 2.92. The first-order valence-corrected chi connectivity index (χ1v) is 8.88. The van der Waals surface area contributed by atoms with Crippen LogP contribution in [0.25, 0.3) is 0 Å². The van der Waals surface area contributed by atoms with Crippen LogP contribution in [-0.4, -0.2) is 58.0 Å². The van der Waals surface area contributed by atoms with Crippen LogP contribution in [-0.2, 0) is 9.59 Å². The molecule has 0 heterocycles. The van der Waals surface area contributed by atoms with Crippen molar-refractivity contribution in [1.29, 1.82) is 0 Å². The van der Waals surface area contributed by atoms with Crippen LogP contribution in [0.3, 0.4) is 0 Å². The lowest BCUT2D eigenvalue weighted by Crippen LogP contribution is -2.74. The smallest absolute Gasteiger partial charge is 0.281 e. The molecule has 0 saturated carbocycles. The topological polar surface area (TPSA) is 34.1 Å².